The molecule has 0 N–H and O–H groups in total. The molecule has 4 fully saturated rings. The highest BCUT2D eigenvalue weighted by Crippen LogP contribution is 2.85. The van der Waals surface area contributed by atoms with Crippen molar-refractivity contribution in [3.8, 4) is 17.0 Å². The predicted molar refractivity (Wildman–Crippen MR) is 117 cm³/mol. The van der Waals surface area contributed by atoms with E-state index in [0.29, 0.717) is 23.7 Å². The van der Waals surface area contributed by atoms with Crippen LogP contribution in [0.3, 0.4) is 0 Å². The second kappa shape index (κ2) is 6.97. The first-order valence-corrected chi connectivity index (χ1v) is 12.9. The first-order chi connectivity index (χ1) is 16.1. The molecule has 3 aromatic rings. The molecule has 178 valence electrons. The molecule has 4 atom stereocenters. The van der Waals surface area contributed by atoms with Gasteiger partial charge in [0.25, 0.3) is 0 Å². The zero-order valence-electron chi connectivity index (χ0n) is 18.7. The Kier molecular flexibility index (Phi) is 4.40. The fraction of sp³-hybridized carbons (Fsp3) is 0.435. The molecule has 7 rings (SSSR count). The number of anilines is 1. The summed E-state index contributed by atoms with van der Waals surface area (Å²) in [6.45, 7) is 4.98. The molecule has 4 aliphatic rings. The van der Waals surface area contributed by atoms with Crippen LogP contribution in [0, 0.1) is 28.9 Å². The highest BCUT2D eigenvalue weighted by molar-refractivity contribution is 7.90. The summed E-state index contributed by atoms with van der Waals surface area (Å²) >= 11 is 0. The number of hydrogen-bond donors (Lipinski definition) is 0. The van der Waals surface area contributed by atoms with Gasteiger partial charge in [-0.1, -0.05) is 19.0 Å². The van der Waals surface area contributed by atoms with Gasteiger partial charge in [-0.25, -0.2) is 17.2 Å². The number of piperidine rings is 1. The van der Waals surface area contributed by atoms with E-state index in [4.69, 9.17) is 9.26 Å². The Hall–Kier alpha value is -3.08. The maximum absolute atomic E-state index is 14.8. The third-order valence-corrected chi connectivity index (χ3v) is 8.36. The van der Waals surface area contributed by atoms with Gasteiger partial charge in [0, 0.05) is 41.9 Å². The maximum Gasteiger partial charge on any atom is 0.324 e. The van der Waals surface area contributed by atoms with Gasteiger partial charge in [0.2, 0.25) is 0 Å². The molecule has 1 aromatic carbocycles. The fourth-order valence-electron chi connectivity index (χ4n) is 5.33. The van der Waals surface area contributed by atoms with Gasteiger partial charge in [-0.05, 0) is 36.1 Å². The Balaban J connectivity index is 1.16. The minimum atomic E-state index is -3.41. The lowest BCUT2D eigenvalue weighted by atomic mass is 10.1. The average Bonchev–Trinajstić information content (AvgIpc) is 3.30. The van der Waals surface area contributed by atoms with Crippen molar-refractivity contribution in [2.75, 3.05) is 24.3 Å². The number of halogens is 2. The summed E-state index contributed by atoms with van der Waals surface area (Å²) in [5.41, 5.74) is 0.334. The van der Waals surface area contributed by atoms with E-state index < -0.39 is 27.2 Å². The molecule has 2 aliphatic carbocycles. The number of pyridine rings is 1. The third-order valence-electron chi connectivity index (χ3n) is 7.26. The van der Waals surface area contributed by atoms with Gasteiger partial charge in [0.05, 0.1) is 17.2 Å². The van der Waals surface area contributed by atoms with Crippen LogP contribution in [0.15, 0.2) is 39.9 Å². The second-order valence-electron chi connectivity index (χ2n) is 9.64. The largest absolute Gasteiger partial charge is 0.487 e. The van der Waals surface area contributed by atoms with Crippen molar-refractivity contribution >= 4 is 15.9 Å². The van der Waals surface area contributed by atoms with Crippen LogP contribution < -0.4 is 9.64 Å². The van der Waals surface area contributed by atoms with Gasteiger partial charge in [0.1, 0.15) is 0 Å². The molecule has 4 heterocycles. The molecule has 0 amide bonds. The minimum Gasteiger partial charge on any atom is -0.487 e. The van der Waals surface area contributed by atoms with Crippen molar-refractivity contribution in [2.45, 2.75) is 30.7 Å². The SMILES string of the molecule is CC(C)c1noc(N2CC3C4C2C34COc2c(F)cc(-c3ccc(S(C)(=O)=O)cn3)cc2F)n1. The zero-order valence-corrected chi connectivity index (χ0v) is 19.5. The van der Waals surface area contributed by atoms with Crippen molar-refractivity contribution in [1.29, 1.82) is 0 Å². The highest BCUT2D eigenvalue weighted by Gasteiger charge is 2.93. The summed E-state index contributed by atoms with van der Waals surface area (Å²) in [6.07, 6.45) is 2.23. The van der Waals surface area contributed by atoms with Crippen LogP contribution in [-0.2, 0) is 9.84 Å². The Morgan fingerprint density at radius 3 is 2.56 bits per heavy atom. The van der Waals surface area contributed by atoms with Crippen molar-refractivity contribution < 1.29 is 26.5 Å². The fourth-order valence-corrected chi connectivity index (χ4v) is 5.89. The van der Waals surface area contributed by atoms with E-state index in [1.165, 1.54) is 18.3 Å². The highest BCUT2D eigenvalue weighted by atomic mass is 32.2. The predicted octanol–water partition coefficient (Wildman–Crippen LogP) is 3.45. The molecule has 0 radical (unpaired) electrons. The van der Waals surface area contributed by atoms with Crippen LogP contribution in [0.5, 0.6) is 5.75 Å². The molecule has 2 aliphatic heterocycles. The maximum atomic E-state index is 14.8. The molecule has 2 aromatic heterocycles. The molecule has 11 heteroatoms. The molecule has 34 heavy (non-hydrogen) atoms. The van der Waals surface area contributed by atoms with Gasteiger partial charge in [-0.15, -0.1) is 0 Å². The minimum absolute atomic E-state index is 0.0319. The van der Waals surface area contributed by atoms with Gasteiger partial charge in [-0.3, -0.25) is 4.98 Å². The number of sulfone groups is 1. The first kappa shape index (κ1) is 21.5. The van der Waals surface area contributed by atoms with Crippen LogP contribution in [0.2, 0.25) is 0 Å². The Morgan fingerprint density at radius 1 is 1.26 bits per heavy atom. The summed E-state index contributed by atoms with van der Waals surface area (Å²) in [6, 6.07) is 5.74. The van der Waals surface area contributed by atoms with E-state index in [9.17, 15) is 17.2 Å². The summed E-state index contributed by atoms with van der Waals surface area (Å²) < 4.78 is 63.8. The zero-order chi connectivity index (χ0) is 24.0. The Bertz CT molecular complexity index is 1380. The lowest BCUT2D eigenvalue weighted by molar-refractivity contribution is 0.236. The van der Waals surface area contributed by atoms with Gasteiger partial charge < -0.3 is 14.2 Å². The Labute approximate surface area is 194 Å². The average molecular weight is 489 g/mol. The van der Waals surface area contributed by atoms with Crippen LogP contribution in [0.4, 0.5) is 14.8 Å². The van der Waals surface area contributed by atoms with Crippen molar-refractivity contribution in [1.82, 2.24) is 15.1 Å². The monoisotopic (exact) mass is 488 g/mol. The number of benzene rings is 1. The van der Waals surface area contributed by atoms with E-state index in [1.54, 1.807) is 0 Å². The third kappa shape index (κ3) is 3.05. The van der Waals surface area contributed by atoms with E-state index in [2.05, 4.69) is 20.0 Å². The quantitative estimate of drug-likeness (QED) is 0.499. The molecule has 2 saturated carbocycles. The molecular weight excluding hydrogens is 466 g/mol. The molecule has 2 bridgehead atoms. The first-order valence-electron chi connectivity index (χ1n) is 11.0. The normalized spacial score (nSPS) is 26.6. The van der Waals surface area contributed by atoms with E-state index >= 15 is 0 Å². The topological polar surface area (TPSA) is 98.4 Å². The van der Waals surface area contributed by atoms with Crippen molar-refractivity contribution in [3.63, 3.8) is 0 Å². The summed E-state index contributed by atoms with van der Waals surface area (Å²) in [4.78, 5) is 10.6. The molecular formula is C23H22F2N4O4S. The van der Waals surface area contributed by atoms with E-state index in [1.807, 2.05) is 13.8 Å². The molecule has 0 spiro atoms. The number of nitrogens with zero attached hydrogens (tertiary/aromatic N) is 4. The number of aromatic nitrogens is 3. The smallest absolute Gasteiger partial charge is 0.324 e. The van der Waals surface area contributed by atoms with Crippen LogP contribution in [0.25, 0.3) is 11.3 Å². The molecule has 4 unspecified atom stereocenters. The van der Waals surface area contributed by atoms with Crippen LogP contribution in [-0.4, -0.2) is 49.0 Å². The number of ether oxygens (including phenoxy) is 1. The second-order valence-corrected chi connectivity index (χ2v) is 11.7. The van der Waals surface area contributed by atoms with E-state index in [-0.39, 0.29) is 40.1 Å². The van der Waals surface area contributed by atoms with Gasteiger partial charge >= 0.3 is 6.01 Å². The van der Waals surface area contributed by atoms with Gasteiger partial charge in [-0.2, -0.15) is 4.98 Å². The lowest BCUT2D eigenvalue weighted by Crippen LogP contribution is -2.24. The summed E-state index contributed by atoms with van der Waals surface area (Å²) in [7, 11) is -3.41. The number of fused-ring (bicyclic) bond motifs is 1. The Morgan fingerprint density at radius 2 is 2.00 bits per heavy atom. The van der Waals surface area contributed by atoms with Gasteiger partial charge in [0.15, 0.2) is 33.0 Å². The van der Waals surface area contributed by atoms with E-state index in [0.717, 1.165) is 24.9 Å². The summed E-state index contributed by atoms with van der Waals surface area (Å²) in [5.74, 6) is -0.443. The summed E-state index contributed by atoms with van der Waals surface area (Å²) in [5, 5.41) is 4.02. The van der Waals surface area contributed by atoms with Crippen LogP contribution >= 0.6 is 0 Å². The molecule has 2 saturated heterocycles. The molecule has 8 nitrogen and oxygen atoms in total. The van der Waals surface area contributed by atoms with Crippen LogP contribution in [0.1, 0.15) is 25.6 Å². The van der Waals surface area contributed by atoms with Crippen molar-refractivity contribution in [2.24, 2.45) is 17.3 Å². The number of rotatable bonds is 7. The lowest BCUT2D eigenvalue weighted by Gasteiger charge is -2.15. The van der Waals surface area contributed by atoms with Crippen molar-refractivity contribution in [3.05, 3.63) is 47.9 Å². The standard InChI is InChI=1S/C23H22F2N4O4S/c1-11(2)21-27-22(33-28-21)29-9-14-18-20(29)23(14,18)10-32-19-15(24)6-12(7-16(19)25)17-5-4-13(8-26-17)34(3,30)31/h4-8,11,14,18,20H,9-10H2,1-3H3. The number of hydrogen-bond acceptors (Lipinski definition) is 8.